The minimum Gasteiger partial charge on any atom is -0.310 e. The fourth-order valence-electron chi connectivity index (χ4n) is 3.11. The van der Waals surface area contributed by atoms with Crippen LogP contribution in [0.1, 0.15) is 22.6 Å². The molecule has 0 aliphatic rings. The van der Waals surface area contributed by atoms with E-state index in [0.717, 1.165) is 23.0 Å². The lowest BCUT2D eigenvalue weighted by atomic mass is 10.0. The van der Waals surface area contributed by atoms with Gasteiger partial charge < -0.3 is 5.32 Å². The number of rotatable bonds is 6. The maximum atomic E-state index is 12.7. The lowest BCUT2D eigenvalue weighted by Gasteiger charge is -2.08. The zero-order valence-electron chi connectivity index (χ0n) is 17.4. The van der Waals surface area contributed by atoms with Crippen LogP contribution in [0.25, 0.3) is 11.1 Å². The Hall–Kier alpha value is -4.15. The molecule has 33 heavy (non-hydrogen) atoms. The van der Waals surface area contributed by atoms with Gasteiger partial charge in [-0.05, 0) is 16.7 Å². The van der Waals surface area contributed by atoms with Gasteiger partial charge in [0.15, 0.2) is 0 Å². The zero-order chi connectivity index (χ0) is 23.4. The van der Waals surface area contributed by atoms with E-state index < -0.39 is 17.8 Å². The Morgan fingerprint density at radius 1 is 0.970 bits per heavy atom. The van der Waals surface area contributed by atoms with E-state index in [1.54, 1.807) is 35.4 Å². The predicted molar refractivity (Wildman–Crippen MR) is 113 cm³/mol. The highest BCUT2D eigenvalue weighted by Gasteiger charge is 2.32. The molecular weight excluding hydrogens is 435 g/mol. The standard InChI is InChI=1S/C22H18F3N7O/c1-32-12-15(9-30-32)6-19-26-10-17(11-27-19)16-4-2-14(3-5-16)7-21(33)31-20-8-18(22(23,24)25)28-13-29-20/h2-5,8-13H,6-7H2,1H3,(H,28,29,31,33). The topological polar surface area (TPSA) is 98.5 Å². The van der Waals surface area contributed by atoms with Crippen LogP contribution in [0.5, 0.6) is 0 Å². The fourth-order valence-corrected chi connectivity index (χ4v) is 3.11. The molecule has 11 heteroatoms. The number of carbonyl (C=O) groups is 1. The molecule has 8 nitrogen and oxygen atoms in total. The number of aryl methyl sites for hydroxylation is 1. The molecule has 4 aromatic rings. The van der Waals surface area contributed by atoms with Gasteiger partial charge >= 0.3 is 6.18 Å². The van der Waals surface area contributed by atoms with E-state index in [4.69, 9.17) is 0 Å². The first-order chi connectivity index (χ1) is 15.8. The van der Waals surface area contributed by atoms with Gasteiger partial charge in [0, 0.05) is 43.7 Å². The van der Waals surface area contributed by atoms with Crippen LogP contribution in [0.3, 0.4) is 0 Å². The number of anilines is 1. The first kappa shape index (κ1) is 22.1. The van der Waals surface area contributed by atoms with Crippen molar-refractivity contribution < 1.29 is 18.0 Å². The number of nitrogens with zero attached hydrogens (tertiary/aromatic N) is 6. The monoisotopic (exact) mass is 453 g/mol. The van der Waals surface area contributed by atoms with Gasteiger partial charge in [0.25, 0.3) is 0 Å². The molecule has 0 radical (unpaired) electrons. The van der Waals surface area contributed by atoms with Crippen molar-refractivity contribution in [1.82, 2.24) is 29.7 Å². The summed E-state index contributed by atoms with van der Waals surface area (Å²) in [6, 6.07) is 7.88. The van der Waals surface area contributed by atoms with Crippen molar-refractivity contribution in [3.8, 4) is 11.1 Å². The Bertz CT molecular complexity index is 1250. The summed E-state index contributed by atoms with van der Waals surface area (Å²) in [6.07, 6.45) is 3.85. The number of amides is 1. The van der Waals surface area contributed by atoms with Gasteiger partial charge in [0.2, 0.25) is 5.91 Å². The molecule has 0 spiro atoms. The molecule has 0 bridgehead atoms. The normalized spacial score (nSPS) is 11.4. The van der Waals surface area contributed by atoms with Gasteiger partial charge in [-0.15, -0.1) is 0 Å². The van der Waals surface area contributed by atoms with Gasteiger partial charge in [0.1, 0.15) is 23.7 Å². The van der Waals surface area contributed by atoms with Crippen LogP contribution >= 0.6 is 0 Å². The third-order valence-electron chi connectivity index (χ3n) is 4.70. The zero-order valence-corrected chi connectivity index (χ0v) is 17.4. The molecule has 0 unspecified atom stereocenters. The van der Waals surface area contributed by atoms with Crippen molar-refractivity contribution in [1.29, 1.82) is 0 Å². The Morgan fingerprint density at radius 3 is 2.33 bits per heavy atom. The van der Waals surface area contributed by atoms with Crippen LogP contribution in [0, 0.1) is 0 Å². The van der Waals surface area contributed by atoms with E-state index in [0.29, 0.717) is 23.9 Å². The molecule has 0 aliphatic carbocycles. The molecule has 3 aromatic heterocycles. The van der Waals surface area contributed by atoms with Crippen molar-refractivity contribution >= 4 is 11.7 Å². The van der Waals surface area contributed by atoms with Gasteiger partial charge in [-0.2, -0.15) is 18.3 Å². The predicted octanol–water partition coefficient (Wildman–Crippen LogP) is 3.46. The van der Waals surface area contributed by atoms with Crippen LogP contribution in [-0.2, 0) is 30.9 Å². The van der Waals surface area contributed by atoms with E-state index in [1.165, 1.54) is 0 Å². The van der Waals surface area contributed by atoms with Crippen molar-refractivity contribution in [2.45, 2.75) is 19.0 Å². The lowest BCUT2D eigenvalue weighted by Crippen LogP contribution is -2.17. The quantitative estimate of drug-likeness (QED) is 0.480. The number of aromatic nitrogens is 6. The molecule has 4 rings (SSSR count). The van der Waals surface area contributed by atoms with Gasteiger partial charge in [-0.25, -0.2) is 19.9 Å². The second-order valence-electron chi connectivity index (χ2n) is 7.30. The summed E-state index contributed by atoms with van der Waals surface area (Å²) in [5.41, 5.74) is 2.28. The van der Waals surface area contributed by atoms with E-state index in [2.05, 4.69) is 30.4 Å². The maximum Gasteiger partial charge on any atom is 0.433 e. The molecule has 1 N–H and O–H groups in total. The first-order valence-electron chi connectivity index (χ1n) is 9.83. The summed E-state index contributed by atoms with van der Waals surface area (Å²) in [7, 11) is 1.85. The average Bonchev–Trinajstić information content (AvgIpc) is 3.19. The summed E-state index contributed by atoms with van der Waals surface area (Å²) >= 11 is 0. The fraction of sp³-hybridized carbons (Fsp3) is 0.182. The second kappa shape index (κ2) is 9.15. The molecule has 0 atom stereocenters. The number of halogens is 3. The number of hydrogen-bond acceptors (Lipinski definition) is 6. The van der Waals surface area contributed by atoms with Gasteiger partial charge in [-0.3, -0.25) is 9.48 Å². The Labute approximate surface area is 186 Å². The number of nitrogens with one attached hydrogen (secondary N) is 1. The SMILES string of the molecule is Cn1cc(Cc2ncc(-c3ccc(CC(=O)Nc4cc(C(F)(F)F)ncn4)cc3)cn2)cn1. The van der Waals surface area contributed by atoms with E-state index in [1.807, 2.05) is 25.4 Å². The number of alkyl halides is 3. The van der Waals surface area contributed by atoms with Crippen molar-refractivity contribution in [2.75, 3.05) is 5.32 Å². The van der Waals surface area contributed by atoms with Gasteiger partial charge in [-0.1, -0.05) is 24.3 Å². The second-order valence-corrected chi connectivity index (χ2v) is 7.30. The van der Waals surface area contributed by atoms with Crippen LogP contribution in [-0.4, -0.2) is 35.6 Å². The summed E-state index contributed by atoms with van der Waals surface area (Å²) in [5.74, 6) is -0.0152. The largest absolute Gasteiger partial charge is 0.433 e. The van der Waals surface area contributed by atoms with E-state index in [-0.39, 0.29) is 12.2 Å². The highest BCUT2D eigenvalue weighted by molar-refractivity contribution is 5.91. The molecule has 1 amide bonds. The average molecular weight is 453 g/mol. The maximum absolute atomic E-state index is 12.7. The Morgan fingerprint density at radius 2 is 1.70 bits per heavy atom. The first-order valence-corrected chi connectivity index (χ1v) is 9.83. The molecule has 0 saturated carbocycles. The highest BCUT2D eigenvalue weighted by Crippen LogP contribution is 2.28. The molecule has 168 valence electrons. The molecule has 1 aromatic carbocycles. The molecule has 3 heterocycles. The molecule has 0 saturated heterocycles. The number of benzene rings is 1. The smallest absolute Gasteiger partial charge is 0.310 e. The van der Waals surface area contributed by atoms with Crippen molar-refractivity contribution in [3.63, 3.8) is 0 Å². The third-order valence-corrected chi connectivity index (χ3v) is 4.70. The Balaban J connectivity index is 1.36. The summed E-state index contributed by atoms with van der Waals surface area (Å²) < 4.78 is 39.9. The van der Waals surface area contributed by atoms with E-state index >= 15 is 0 Å². The van der Waals surface area contributed by atoms with Crippen LogP contribution in [0.15, 0.2) is 61.4 Å². The number of hydrogen-bond donors (Lipinski definition) is 1. The summed E-state index contributed by atoms with van der Waals surface area (Å²) in [5, 5.41) is 6.49. The summed E-state index contributed by atoms with van der Waals surface area (Å²) in [6.45, 7) is 0. The van der Waals surface area contributed by atoms with Crippen LogP contribution in [0.2, 0.25) is 0 Å². The van der Waals surface area contributed by atoms with E-state index in [9.17, 15) is 18.0 Å². The van der Waals surface area contributed by atoms with Gasteiger partial charge in [0.05, 0.1) is 12.6 Å². The highest BCUT2D eigenvalue weighted by atomic mass is 19.4. The van der Waals surface area contributed by atoms with Crippen molar-refractivity contribution in [3.05, 3.63) is 84.1 Å². The minimum atomic E-state index is -4.61. The number of carbonyl (C=O) groups excluding carboxylic acids is 1. The minimum absolute atomic E-state index is 0.0216. The van der Waals surface area contributed by atoms with Crippen LogP contribution < -0.4 is 5.32 Å². The third kappa shape index (κ3) is 5.76. The van der Waals surface area contributed by atoms with Crippen molar-refractivity contribution in [2.24, 2.45) is 7.05 Å². The molecule has 0 fully saturated rings. The molecular formula is C22H18F3N7O. The summed E-state index contributed by atoms with van der Waals surface area (Å²) in [4.78, 5) is 27.8. The van der Waals surface area contributed by atoms with Crippen LogP contribution in [0.4, 0.5) is 19.0 Å². The Kier molecular flexibility index (Phi) is 6.11. The molecule has 0 aliphatic heterocycles. The lowest BCUT2D eigenvalue weighted by molar-refractivity contribution is -0.141.